The Hall–Kier alpha value is -13.1. The van der Waals surface area contributed by atoms with E-state index in [1.54, 1.807) is 42.9 Å². The number of halogens is 3. The number of nitrogens with one attached hydrogen (secondary N) is 1. The SMILES string of the molecule is CC1(C)CC(=O)N2CCc3cc(-c4cccnc4)cc1c32.COCc1cncc(-c2cc3c4c(c2)CCN4C(=O)CC3)c1.O=C1CCc2cc(-c3cncc(C(F)(F)F)c3)cc3c2N1CC3.O=C1CCc2cc(-c3cncc(O)c3)cc3c2N1CC3.O=C1CCc2cc(-c3cncnc3)ccc2N1.S=C1CCc2cc(-c3cccnc3)cc3c2N1CC3. The highest BCUT2D eigenvalue weighted by Gasteiger charge is 2.42. The average molecular weight is 1650 g/mol. The fourth-order valence-electron chi connectivity index (χ4n) is 18.9. The largest absolute Gasteiger partial charge is 0.506 e. The van der Waals surface area contributed by atoms with Crippen LogP contribution in [0.5, 0.6) is 5.75 Å². The summed E-state index contributed by atoms with van der Waals surface area (Å²) in [7, 11) is 1.69. The zero-order chi connectivity index (χ0) is 84.1. The summed E-state index contributed by atoms with van der Waals surface area (Å²) in [6.07, 6.45) is 30.0. The molecule has 11 aliphatic heterocycles. The molecule has 0 fully saturated rings. The van der Waals surface area contributed by atoms with Crippen molar-refractivity contribution in [3.8, 4) is 72.5 Å². The minimum absolute atomic E-state index is 0.0910. The van der Waals surface area contributed by atoms with E-state index in [4.69, 9.17) is 17.0 Å². The van der Waals surface area contributed by atoms with Gasteiger partial charge in [-0.2, -0.15) is 13.2 Å². The summed E-state index contributed by atoms with van der Waals surface area (Å²) in [5, 5.41) is 12.4. The second kappa shape index (κ2) is 33.5. The molecule has 0 bridgehead atoms. The first-order valence-corrected chi connectivity index (χ1v) is 42.0. The molecule has 0 atom stereocenters. The van der Waals surface area contributed by atoms with Crippen LogP contribution in [0.2, 0.25) is 0 Å². The summed E-state index contributed by atoms with van der Waals surface area (Å²) in [6, 6.07) is 40.7. The molecule has 0 unspecified atom stereocenters. The Bertz CT molecular complexity index is 6190. The van der Waals surface area contributed by atoms with Crippen molar-refractivity contribution in [3.63, 3.8) is 0 Å². The summed E-state index contributed by atoms with van der Waals surface area (Å²) in [5.41, 5.74) is 33.1. The van der Waals surface area contributed by atoms with Gasteiger partial charge in [0, 0.05) is 197 Å². The van der Waals surface area contributed by atoms with Crippen molar-refractivity contribution in [1.29, 1.82) is 0 Å². The van der Waals surface area contributed by atoms with Gasteiger partial charge in [-0.3, -0.25) is 48.9 Å². The maximum absolute atomic E-state index is 12.9. The van der Waals surface area contributed by atoms with Gasteiger partial charge in [-0.1, -0.05) is 44.3 Å². The number of nitrogens with zero attached hydrogens (tertiary/aromatic N) is 12. The minimum atomic E-state index is -4.41. The first-order chi connectivity index (χ1) is 59.1. The molecule has 2 N–H and O–H groups in total. The molecule has 24 heteroatoms. The van der Waals surface area contributed by atoms with E-state index in [9.17, 15) is 42.3 Å². The third kappa shape index (κ3) is 16.2. The van der Waals surface area contributed by atoms with E-state index in [1.165, 1.54) is 108 Å². The van der Waals surface area contributed by atoms with E-state index >= 15 is 0 Å². The van der Waals surface area contributed by atoms with Crippen molar-refractivity contribution in [2.45, 2.75) is 135 Å². The molecule has 11 aliphatic rings. The van der Waals surface area contributed by atoms with Crippen LogP contribution < -0.4 is 29.8 Å². The van der Waals surface area contributed by atoms with Crippen LogP contribution in [0.1, 0.15) is 125 Å². The van der Waals surface area contributed by atoms with Crippen LogP contribution in [0.3, 0.4) is 0 Å². The molecular weight excluding hydrogens is 1560 g/mol. The third-order valence-electron chi connectivity index (χ3n) is 24.7. The summed E-state index contributed by atoms with van der Waals surface area (Å²) in [5.74, 6) is 1.16. The predicted octanol–water partition coefficient (Wildman–Crippen LogP) is 17.4. The number of aryl methyl sites for hydroxylation is 5. The molecule has 0 spiro atoms. The van der Waals surface area contributed by atoms with E-state index < -0.39 is 11.7 Å². The molecule has 20 nitrogen and oxygen atoms in total. The van der Waals surface area contributed by atoms with E-state index in [1.807, 2.05) is 82.1 Å². The Morgan fingerprint density at radius 2 is 0.803 bits per heavy atom. The number of ether oxygens (including phenoxy) is 1. The fraction of sp³-hybridized carbons (Fsp3) is 0.276. The van der Waals surface area contributed by atoms with Gasteiger partial charge in [0.2, 0.25) is 29.5 Å². The zero-order valence-corrected chi connectivity index (χ0v) is 68.7. The topological polar surface area (TPSA) is 233 Å². The van der Waals surface area contributed by atoms with Gasteiger partial charge in [-0.15, -0.1) is 0 Å². The van der Waals surface area contributed by atoms with Crippen molar-refractivity contribution in [2.75, 3.05) is 69.6 Å². The highest BCUT2D eigenvalue weighted by molar-refractivity contribution is 7.80. The van der Waals surface area contributed by atoms with Crippen molar-refractivity contribution in [2.24, 2.45) is 0 Å². The van der Waals surface area contributed by atoms with Crippen molar-refractivity contribution in [1.82, 2.24) is 34.9 Å². The number of alkyl halides is 3. The second-order valence-corrected chi connectivity index (χ2v) is 33.6. The number of fused-ring (bicyclic) bond motifs is 1. The van der Waals surface area contributed by atoms with Gasteiger partial charge < -0.3 is 39.7 Å². The minimum Gasteiger partial charge on any atom is -0.506 e. The molecule has 0 saturated heterocycles. The summed E-state index contributed by atoms with van der Waals surface area (Å²) >= 11 is 5.48. The number of hydrogen-bond donors (Lipinski definition) is 2. The van der Waals surface area contributed by atoms with Crippen LogP contribution in [0.4, 0.5) is 47.3 Å². The molecule has 5 amide bonds. The quantitative estimate of drug-likeness (QED) is 0.135. The van der Waals surface area contributed by atoms with Gasteiger partial charge in [0.15, 0.2) is 0 Å². The second-order valence-electron chi connectivity index (χ2n) is 33.1. The highest BCUT2D eigenvalue weighted by Crippen LogP contribution is 2.49. The monoisotopic (exact) mass is 1650 g/mol. The number of aromatic nitrogens is 7. The fourth-order valence-corrected chi connectivity index (χ4v) is 19.1. The van der Waals surface area contributed by atoms with E-state index in [0.717, 1.165) is 180 Å². The number of benzene rings is 6. The highest BCUT2D eigenvalue weighted by atomic mass is 32.1. The molecule has 6 aromatic carbocycles. The Morgan fingerprint density at radius 3 is 1.30 bits per heavy atom. The maximum atomic E-state index is 12.9. The van der Waals surface area contributed by atoms with Crippen molar-refractivity contribution < 1.29 is 47.0 Å². The molecule has 17 heterocycles. The summed E-state index contributed by atoms with van der Waals surface area (Å²) < 4.78 is 43.8. The Kier molecular flexibility index (Phi) is 22.0. The number of carbonyl (C=O) groups is 5. The van der Waals surface area contributed by atoms with Gasteiger partial charge in [0.1, 0.15) is 12.1 Å². The molecule has 12 aromatic rings. The lowest BCUT2D eigenvalue weighted by Gasteiger charge is -2.37. The summed E-state index contributed by atoms with van der Waals surface area (Å²) in [4.78, 5) is 99.0. The van der Waals surface area contributed by atoms with Gasteiger partial charge in [0.25, 0.3) is 0 Å². The Labute approximate surface area is 710 Å². The first-order valence-electron chi connectivity index (χ1n) is 41.5. The standard InChI is InChI=1S/C18H18N2O2.C18H18N2O.C17H13F3N2O.C16H14N2O2.C16H14N2S.C13H11N3O/c1-22-11-12-6-16(10-19-9-12)15-7-13-2-3-17(21)20-5-4-14(8-15)18(13)20;1-18(2)10-16(21)20-7-5-12-8-14(9-15(18)17(12)20)13-4-3-6-19-11-13;18-17(19,20)14-7-13(8-21-9-14)12-5-10-1-2-15(23)22-4-3-11(6-12)16(10)22;19-14-7-13(8-17-9-14)12-5-10-1-2-15(20)18-4-3-11(6-12)16(10)18;19-15-4-3-11-8-14(13-2-1-6-17-10-13)9-12-5-7-18(15)16(11)12;17-13-4-2-10-5-9(1-3-12(10)16-13)11-6-14-8-15-7-11/h6-10H,2-5,11H2,1H3;3-4,6,8-9,11H,5,7,10H2,1-2H3;5-9H,1-4H2;5-9,19H,1-4H2;1-2,6,8-10H,3-5,7H2;1,3,5-8H,2,4H2,(H,16,17). The molecule has 614 valence electrons. The van der Waals surface area contributed by atoms with Crippen molar-refractivity contribution in [3.05, 3.63) is 274 Å². The molecule has 6 aromatic heterocycles. The first kappa shape index (κ1) is 80.0. The smallest absolute Gasteiger partial charge is 0.417 e. The molecule has 0 aliphatic carbocycles. The number of methoxy groups -OCH3 is 1. The van der Waals surface area contributed by atoms with E-state index in [0.29, 0.717) is 57.2 Å². The number of carbonyl (C=O) groups excluding carboxylic acids is 5. The molecular formula is C98H88F3N13O7S. The lowest BCUT2D eigenvalue weighted by atomic mass is 9.76. The van der Waals surface area contributed by atoms with Gasteiger partial charge in [-0.05, 0) is 267 Å². The lowest BCUT2D eigenvalue weighted by Crippen LogP contribution is -2.40. The van der Waals surface area contributed by atoms with E-state index in [-0.39, 0.29) is 40.7 Å². The summed E-state index contributed by atoms with van der Waals surface area (Å²) in [6.45, 7) is 9.07. The molecule has 23 rings (SSSR count). The number of rotatable bonds is 8. The number of thiocarbonyl (C=S) groups is 1. The number of aromatic hydroxyl groups is 1. The zero-order valence-electron chi connectivity index (χ0n) is 67.9. The molecule has 122 heavy (non-hydrogen) atoms. The van der Waals surface area contributed by atoms with Crippen LogP contribution in [0, 0.1) is 0 Å². The number of amides is 5. The van der Waals surface area contributed by atoms with Crippen LogP contribution >= 0.6 is 12.2 Å². The maximum Gasteiger partial charge on any atom is 0.417 e. The van der Waals surface area contributed by atoms with Gasteiger partial charge >= 0.3 is 6.18 Å². The van der Waals surface area contributed by atoms with Crippen LogP contribution in [-0.2, 0) is 111 Å². The number of anilines is 6. The van der Waals surface area contributed by atoms with Crippen LogP contribution in [0.25, 0.3) is 66.8 Å². The van der Waals surface area contributed by atoms with Crippen molar-refractivity contribution >= 4 is 80.9 Å². The molecule has 0 radical (unpaired) electrons. The molecule has 0 saturated carbocycles. The predicted molar refractivity (Wildman–Crippen MR) is 469 cm³/mol. The van der Waals surface area contributed by atoms with Gasteiger partial charge in [-0.25, -0.2) is 9.97 Å². The van der Waals surface area contributed by atoms with Gasteiger partial charge in [0.05, 0.1) is 46.1 Å². The average Bonchev–Trinajstić information content (AvgIpc) is 1.59. The number of hydrogen-bond acceptors (Lipinski definition) is 15. The van der Waals surface area contributed by atoms with Crippen LogP contribution in [-0.4, -0.2) is 114 Å². The third-order valence-corrected chi connectivity index (χ3v) is 25.1. The van der Waals surface area contributed by atoms with E-state index in [2.05, 4.69) is 132 Å². The number of pyridine rings is 5. The van der Waals surface area contributed by atoms with Crippen LogP contribution in [0.15, 0.2) is 202 Å². The lowest BCUT2D eigenvalue weighted by molar-refractivity contribution is -0.137. The Balaban J connectivity index is 0.000000100. The normalized spacial score (nSPS) is 16.5. The Morgan fingerprint density at radius 1 is 0.393 bits per heavy atom.